The lowest BCUT2D eigenvalue weighted by Gasteiger charge is -2.25. The van der Waals surface area contributed by atoms with Crippen molar-refractivity contribution in [3.8, 4) is 11.3 Å². The fourth-order valence-corrected chi connectivity index (χ4v) is 6.35. The molecule has 0 bridgehead atoms. The summed E-state index contributed by atoms with van der Waals surface area (Å²) in [6.07, 6.45) is 2.34. The molecule has 1 aliphatic heterocycles. The minimum Gasteiger partial charge on any atom is -0.480 e. The second-order valence-corrected chi connectivity index (χ2v) is 11.5. The van der Waals surface area contributed by atoms with Crippen molar-refractivity contribution in [2.45, 2.75) is 49.1 Å². The van der Waals surface area contributed by atoms with Gasteiger partial charge in [-0.1, -0.05) is 42.5 Å². The van der Waals surface area contributed by atoms with Crippen LogP contribution in [-0.2, 0) is 32.5 Å². The van der Waals surface area contributed by atoms with Gasteiger partial charge in [0.15, 0.2) is 5.96 Å². The molecular formula is C27H33N7O5S. The molecule has 1 aliphatic rings. The van der Waals surface area contributed by atoms with E-state index in [2.05, 4.69) is 20.8 Å². The highest BCUT2D eigenvalue weighted by atomic mass is 32.2. The largest absolute Gasteiger partial charge is 0.480 e. The topological polar surface area (TPSA) is 194 Å². The fourth-order valence-electron chi connectivity index (χ4n) is 4.67. The number of aliphatic carboxylic acids is 1. The van der Waals surface area contributed by atoms with Crippen molar-refractivity contribution in [3.05, 3.63) is 71.9 Å². The Kier molecular flexibility index (Phi) is 9.17. The number of carbonyl (C=O) groups is 2. The van der Waals surface area contributed by atoms with E-state index < -0.39 is 34.0 Å². The van der Waals surface area contributed by atoms with Crippen LogP contribution in [0.25, 0.3) is 11.3 Å². The summed E-state index contributed by atoms with van der Waals surface area (Å²) in [5.41, 5.74) is 8.53. The van der Waals surface area contributed by atoms with E-state index >= 15 is 0 Å². The number of hydrogen-bond donors (Lipinski definition) is 6. The molecule has 40 heavy (non-hydrogen) atoms. The van der Waals surface area contributed by atoms with Crippen LogP contribution in [0.4, 0.5) is 0 Å². The summed E-state index contributed by atoms with van der Waals surface area (Å²) in [4.78, 5) is 25.2. The molecule has 12 nitrogen and oxygen atoms in total. The smallest absolute Gasteiger partial charge is 0.326 e. The van der Waals surface area contributed by atoms with E-state index in [4.69, 9.17) is 11.1 Å². The van der Waals surface area contributed by atoms with E-state index in [0.717, 1.165) is 27.7 Å². The summed E-state index contributed by atoms with van der Waals surface area (Å²) >= 11 is 0. The minimum absolute atomic E-state index is 0.0386. The first-order valence-corrected chi connectivity index (χ1v) is 14.4. The van der Waals surface area contributed by atoms with Gasteiger partial charge in [-0.05, 0) is 55.0 Å². The van der Waals surface area contributed by atoms with Gasteiger partial charge < -0.3 is 21.5 Å². The number of nitrogens with one attached hydrogen (secondary N) is 4. The number of aromatic nitrogens is 2. The number of guanidine groups is 1. The van der Waals surface area contributed by atoms with E-state index in [-0.39, 0.29) is 23.8 Å². The number of benzene rings is 2. The zero-order valence-electron chi connectivity index (χ0n) is 21.8. The molecule has 0 unspecified atom stereocenters. The van der Waals surface area contributed by atoms with Crippen molar-refractivity contribution in [2.75, 3.05) is 13.1 Å². The maximum absolute atomic E-state index is 13.1. The highest BCUT2D eigenvalue weighted by Gasteiger charge is 2.40. The number of rotatable bonds is 12. The quantitative estimate of drug-likeness (QED) is 0.107. The minimum atomic E-state index is -3.89. The molecule has 2 aromatic carbocycles. The molecule has 4 rings (SSSR count). The molecule has 13 heteroatoms. The molecule has 0 radical (unpaired) electrons. The van der Waals surface area contributed by atoms with Crippen LogP contribution in [0.3, 0.4) is 0 Å². The number of carbonyl (C=O) groups excluding carboxylic acids is 1. The fraction of sp³-hybridized carbons (Fsp3) is 0.333. The van der Waals surface area contributed by atoms with Gasteiger partial charge in [0, 0.05) is 19.5 Å². The molecule has 2 atom stereocenters. The number of carboxylic acid groups (broad SMARTS) is 1. The molecule has 0 saturated carbocycles. The van der Waals surface area contributed by atoms with Crippen LogP contribution in [0.5, 0.6) is 0 Å². The van der Waals surface area contributed by atoms with Crippen LogP contribution >= 0.6 is 0 Å². The third-order valence-corrected chi connectivity index (χ3v) is 8.65. The summed E-state index contributed by atoms with van der Waals surface area (Å²) in [5, 5.41) is 29.6. The zero-order valence-corrected chi connectivity index (χ0v) is 22.7. The van der Waals surface area contributed by atoms with E-state index in [0.29, 0.717) is 31.4 Å². The summed E-state index contributed by atoms with van der Waals surface area (Å²) in [6.45, 7) is 0.772. The highest BCUT2D eigenvalue weighted by Crippen LogP contribution is 2.26. The molecule has 0 aliphatic carbocycles. The van der Waals surface area contributed by atoms with Crippen molar-refractivity contribution in [3.63, 3.8) is 0 Å². The first kappa shape index (κ1) is 28.8. The average Bonchev–Trinajstić information content (AvgIpc) is 3.62. The summed E-state index contributed by atoms with van der Waals surface area (Å²) in [6, 6.07) is 14.9. The Morgan fingerprint density at radius 2 is 1.90 bits per heavy atom. The molecule has 1 aromatic heterocycles. The van der Waals surface area contributed by atoms with Gasteiger partial charge in [-0.2, -0.15) is 9.40 Å². The molecule has 7 N–H and O–H groups in total. The van der Waals surface area contributed by atoms with Gasteiger partial charge in [0.05, 0.1) is 16.3 Å². The van der Waals surface area contributed by atoms with Gasteiger partial charge in [0.2, 0.25) is 15.9 Å². The standard InChI is InChI=1S/C27H33N7O5S/c28-27(29)30-14-4-6-20-17-22(33-32-20)19-12-10-18(11-13-19)16-23(26(36)37)31-25(35)24-9-5-15-34(24)40(38,39)21-7-2-1-3-8-21/h1-3,7-8,10-13,17,23-24H,4-6,9,14-16H2,(H,31,35)(H,32,33)(H,36,37)(H4,28,29,30)/t23-,24-/m0/s1. The molecule has 212 valence electrons. The van der Waals surface area contributed by atoms with Crippen LogP contribution in [0.1, 0.15) is 30.5 Å². The number of carboxylic acids is 1. The number of amides is 1. The Morgan fingerprint density at radius 1 is 1.18 bits per heavy atom. The Hall–Kier alpha value is -4.23. The number of nitrogens with two attached hydrogens (primary N) is 1. The van der Waals surface area contributed by atoms with Crippen LogP contribution in [0.2, 0.25) is 0 Å². The third-order valence-electron chi connectivity index (χ3n) is 6.73. The van der Waals surface area contributed by atoms with E-state index in [9.17, 15) is 23.1 Å². The maximum atomic E-state index is 13.1. The predicted octanol–water partition coefficient (Wildman–Crippen LogP) is 1.46. The number of sulfonamides is 1. The first-order valence-electron chi connectivity index (χ1n) is 13.0. The highest BCUT2D eigenvalue weighted by molar-refractivity contribution is 7.89. The summed E-state index contributed by atoms with van der Waals surface area (Å²) in [5.74, 6) is -1.89. The summed E-state index contributed by atoms with van der Waals surface area (Å²) in [7, 11) is -3.89. The van der Waals surface area contributed by atoms with Gasteiger partial charge in [-0.15, -0.1) is 0 Å². The molecule has 1 fully saturated rings. The van der Waals surface area contributed by atoms with Gasteiger partial charge in [-0.3, -0.25) is 15.3 Å². The Balaban J connectivity index is 1.37. The van der Waals surface area contributed by atoms with Crippen molar-refractivity contribution in [2.24, 2.45) is 5.73 Å². The van der Waals surface area contributed by atoms with Gasteiger partial charge in [0.25, 0.3) is 0 Å². The van der Waals surface area contributed by atoms with E-state index in [1.165, 1.54) is 12.1 Å². The second-order valence-electron chi connectivity index (χ2n) is 9.60. The molecule has 0 spiro atoms. The Labute approximate surface area is 232 Å². The summed E-state index contributed by atoms with van der Waals surface area (Å²) < 4.78 is 27.4. The van der Waals surface area contributed by atoms with Crippen molar-refractivity contribution in [1.82, 2.24) is 25.1 Å². The normalized spacial score (nSPS) is 16.4. The van der Waals surface area contributed by atoms with E-state index in [1.54, 1.807) is 30.3 Å². The third kappa shape index (κ3) is 7.04. The number of H-pyrrole nitrogens is 1. The number of aromatic amines is 1. The number of hydrogen-bond acceptors (Lipinski definition) is 6. The molecule has 1 saturated heterocycles. The van der Waals surface area contributed by atoms with Crippen molar-refractivity contribution < 1.29 is 23.1 Å². The van der Waals surface area contributed by atoms with Gasteiger partial charge in [-0.25, -0.2) is 13.2 Å². The SMILES string of the molecule is N=C(N)NCCCc1cc(-c2ccc(C[C@H](NC(=O)[C@@H]3CCCN3S(=O)(=O)c3ccccc3)C(=O)O)cc2)[nH]n1. The molecular weight excluding hydrogens is 534 g/mol. The second kappa shape index (κ2) is 12.7. The van der Waals surface area contributed by atoms with Crippen molar-refractivity contribution >= 4 is 27.9 Å². The Morgan fingerprint density at radius 3 is 2.58 bits per heavy atom. The lowest BCUT2D eigenvalue weighted by atomic mass is 10.0. The van der Waals surface area contributed by atoms with Crippen LogP contribution in [0.15, 0.2) is 65.6 Å². The lowest BCUT2D eigenvalue weighted by Crippen LogP contribution is -2.51. The van der Waals surface area contributed by atoms with E-state index in [1.807, 2.05) is 18.2 Å². The molecule has 2 heterocycles. The van der Waals surface area contributed by atoms with Crippen LogP contribution < -0.4 is 16.4 Å². The first-order chi connectivity index (χ1) is 19.1. The predicted molar refractivity (Wildman–Crippen MR) is 149 cm³/mol. The van der Waals surface area contributed by atoms with Gasteiger partial charge >= 0.3 is 5.97 Å². The average molecular weight is 568 g/mol. The van der Waals surface area contributed by atoms with Crippen molar-refractivity contribution in [1.29, 1.82) is 5.41 Å². The van der Waals surface area contributed by atoms with Gasteiger partial charge in [0.1, 0.15) is 12.1 Å². The number of aryl methyl sites for hydroxylation is 1. The maximum Gasteiger partial charge on any atom is 0.326 e. The number of nitrogens with zero attached hydrogens (tertiary/aromatic N) is 2. The molecule has 1 amide bonds. The Bertz CT molecular complexity index is 1440. The molecule has 3 aromatic rings. The van der Waals surface area contributed by atoms with Crippen LogP contribution in [-0.4, -0.2) is 71.0 Å². The van der Waals surface area contributed by atoms with Crippen LogP contribution in [0, 0.1) is 5.41 Å². The monoisotopic (exact) mass is 567 g/mol. The lowest BCUT2D eigenvalue weighted by molar-refractivity contribution is -0.142. The zero-order chi connectivity index (χ0) is 28.7.